The average Bonchev–Trinajstić information content (AvgIpc) is 2.41. The highest BCUT2D eigenvalue weighted by Crippen LogP contribution is 2.19. The molecule has 0 heterocycles. The summed E-state index contributed by atoms with van der Waals surface area (Å²) in [5.74, 6) is -2.09. The van der Waals surface area contributed by atoms with Crippen LogP contribution in [0, 0.1) is 17.6 Å². The van der Waals surface area contributed by atoms with Crippen molar-refractivity contribution in [2.24, 2.45) is 5.92 Å². The molecule has 0 bridgehead atoms. The molecule has 1 aromatic rings. The summed E-state index contributed by atoms with van der Waals surface area (Å²) in [7, 11) is -3.89. The molecule has 1 rings (SSSR count). The van der Waals surface area contributed by atoms with Crippen LogP contribution in [0.5, 0.6) is 0 Å². The fourth-order valence-electron chi connectivity index (χ4n) is 1.88. The molecule has 114 valence electrons. The number of nitrogens with one attached hydrogen (secondary N) is 1. The Kier molecular flexibility index (Phi) is 6.36. The normalized spacial score (nSPS) is 13.7. The van der Waals surface area contributed by atoms with E-state index in [1.54, 1.807) is 0 Å². The molecule has 0 aliphatic heterocycles. The molecule has 0 saturated heterocycles. The maximum Gasteiger partial charge on any atom is 0.240 e. The van der Waals surface area contributed by atoms with Crippen molar-refractivity contribution < 1.29 is 17.2 Å². The van der Waals surface area contributed by atoms with Crippen LogP contribution in [-0.2, 0) is 10.0 Å². The number of alkyl halides is 1. The predicted molar refractivity (Wildman–Crippen MR) is 75.3 cm³/mol. The van der Waals surface area contributed by atoms with Crippen LogP contribution in [0.15, 0.2) is 23.1 Å². The Balaban J connectivity index is 2.77. The van der Waals surface area contributed by atoms with E-state index in [1.807, 2.05) is 13.8 Å². The molecule has 1 N–H and O–H groups in total. The first-order valence-electron chi connectivity index (χ1n) is 6.40. The van der Waals surface area contributed by atoms with Crippen LogP contribution in [0.1, 0.15) is 26.7 Å². The maximum absolute atomic E-state index is 13.1. The van der Waals surface area contributed by atoms with E-state index in [0.29, 0.717) is 6.07 Å². The summed E-state index contributed by atoms with van der Waals surface area (Å²) < 4.78 is 52.0. The average molecular weight is 326 g/mol. The van der Waals surface area contributed by atoms with Gasteiger partial charge in [0.15, 0.2) is 11.6 Å². The minimum absolute atomic E-state index is 0.0508. The minimum atomic E-state index is -3.89. The zero-order valence-corrected chi connectivity index (χ0v) is 12.9. The molecule has 0 radical (unpaired) electrons. The van der Waals surface area contributed by atoms with E-state index in [4.69, 9.17) is 11.6 Å². The van der Waals surface area contributed by atoms with Crippen molar-refractivity contribution in [1.82, 2.24) is 4.72 Å². The summed E-state index contributed by atoms with van der Waals surface area (Å²) in [6, 6.07) is 2.45. The van der Waals surface area contributed by atoms with Crippen LogP contribution in [0.4, 0.5) is 8.78 Å². The molecule has 1 aromatic carbocycles. The predicted octanol–water partition coefficient (Wildman–Crippen LogP) is 3.29. The number of rotatable bonds is 7. The monoisotopic (exact) mass is 325 g/mol. The summed E-state index contributed by atoms with van der Waals surface area (Å²) in [6.45, 7) is 4.01. The first kappa shape index (κ1) is 17.3. The lowest BCUT2D eigenvalue weighted by molar-refractivity contribution is 0.460. The van der Waals surface area contributed by atoms with Gasteiger partial charge in [-0.15, -0.1) is 11.6 Å². The van der Waals surface area contributed by atoms with Crippen LogP contribution in [0.25, 0.3) is 0 Å². The van der Waals surface area contributed by atoms with Gasteiger partial charge in [-0.3, -0.25) is 0 Å². The van der Waals surface area contributed by atoms with Gasteiger partial charge >= 0.3 is 0 Å². The lowest BCUT2D eigenvalue weighted by Crippen LogP contribution is -2.33. The molecule has 0 saturated carbocycles. The summed E-state index contributed by atoms with van der Waals surface area (Å²) >= 11 is 6.14. The molecule has 0 aromatic heterocycles. The number of hydrogen-bond donors (Lipinski definition) is 1. The molecule has 3 nitrogen and oxygen atoms in total. The summed E-state index contributed by atoms with van der Waals surface area (Å²) in [5.41, 5.74) is 0. The zero-order valence-electron chi connectivity index (χ0n) is 11.4. The molecular formula is C13H18ClF2NO2S. The highest BCUT2D eigenvalue weighted by Gasteiger charge is 2.21. The fraction of sp³-hybridized carbons (Fsp3) is 0.538. The van der Waals surface area contributed by atoms with Crippen molar-refractivity contribution in [2.45, 2.75) is 37.0 Å². The largest absolute Gasteiger partial charge is 0.240 e. The van der Waals surface area contributed by atoms with Crippen LogP contribution in [-0.4, -0.2) is 20.3 Å². The topological polar surface area (TPSA) is 46.2 Å². The van der Waals surface area contributed by atoms with Gasteiger partial charge in [0.25, 0.3) is 0 Å². The summed E-state index contributed by atoms with van der Waals surface area (Å²) in [6.07, 6.45) is 1.69. The van der Waals surface area contributed by atoms with E-state index in [0.717, 1.165) is 25.0 Å². The van der Waals surface area contributed by atoms with Crippen molar-refractivity contribution in [3.05, 3.63) is 29.8 Å². The van der Waals surface area contributed by atoms with Gasteiger partial charge in [-0.2, -0.15) is 0 Å². The minimum Gasteiger partial charge on any atom is -0.210 e. The number of benzene rings is 1. The van der Waals surface area contributed by atoms with Gasteiger partial charge in [-0.1, -0.05) is 26.7 Å². The van der Waals surface area contributed by atoms with Crippen LogP contribution in [0.3, 0.4) is 0 Å². The Morgan fingerprint density at radius 1 is 1.20 bits per heavy atom. The first-order valence-corrected chi connectivity index (χ1v) is 8.32. The molecule has 20 heavy (non-hydrogen) atoms. The second-order valence-corrected chi connectivity index (χ2v) is 6.85. The Bertz CT molecular complexity index is 547. The van der Waals surface area contributed by atoms with Crippen molar-refractivity contribution in [3.8, 4) is 0 Å². The Morgan fingerprint density at radius 3 is 2.30 bits per heavy atom. The van der Waals surface area contributed by atoms with Crippen LogP contribution < -0.4 is 4.72 Å². The van der Waals surface area contributed by atoms with Gasteiger partial charge in [0.1, 0.15) is 0 Å². The van der Waals surface area contributed by atoms with Gasteiger partial charge in [-0.05, 0) is 24.1 Å². The van der Waals surface area contributed by atoms with E-state index in [1.165, 1.54) is 0 Å². The molecular weight excluding hydrogens is 308 g/mol. The zero-order chi connectivity index (χ0) is 15.3. The molecule has 7 heteroatoms. The molecule has 0 fully saturated rings. The molecule has 0 aliphatic rings. The second-order valence-electron chi connectivity index (χ2n) is 4.52. The molecule has 1 unspecified atom stereocenters. The van der Waals surface area contributed by atoms with Crippen LogP contribution >= 0.6 is 11.6 Å². The SMILES string of the molecule is CCC(CC)C(Cl)CNS(=O)(=O)c1ccc(F)c(F)c1. The second kappa shape index (κ2) is 7.33. The standard InChI is InChI=1S/C13H18ClF2NO2S/c1-3-9(4-2)11(14)8-17-20(18,19)10-5-6-12(15)13(16)7-10/h5-7,9,11,17H,3-4,8H2,1-2H3. The first-order chi connectivity index (χ1) is 9.31. The van der Waals surface area contributed by atoms with Crippen molar-refractivity contribution in [2.75, 3.05) is 6.54 Å². The molecule has 1 atom stereocenters. The highest BCUT2D eigenvalue weighted by molar-refractivity contribution is 7.89. The van der Waals surface area contributed by atoms with E-state index in [2.05, 4.69) is 4.72 Å². The molecule has 0 spiro atoms. The third-order valence-electron chi connectivity index (χ3n) is 3.23. The number of halogens is 3. The third kappa shape index (κ3) is 4.40. The molecule has 0 amide bonds. The Morgan fingerprint density at radius 2 is 1.80 bits per heavy atom. The van der Waals surface area contributed by atoms with Gasteiger partial charge < -0.3 is 0 Å². The number of sulfonamides is 1. The van der Waals surface area contributed by atoms with Gasteiger partial charge in [0, 0.05) is 11.9 Å². The van der Waals surface area contributed by atoms with Gasteiger partial charge in [0.05, 0.1) is 4.90 Å². The molecule has 0 aliphatic carbocycles. The number of hydrogen-bond acceptors (Lipinski definition) is 2. The summed E-state index contributed by atoms with van der Waals surface area (Å²) in [5, 5.41) is -0.343. The van der Waals surface area contributed by atoms with Gasteiger partial charge in [-0.25, -0.2) is 21.9 Å². The summed E-state index contributed by atoms with van der Waals surface area (Å²) in [4.78, 5) is -0.315. The maximum atomic E-state index is 13.1. The van der Waals surface area contributed by atoms with Crippen molar-refractivity contribution in [1.29, 1.82) is 0 Å². The third-order valence-corrected chi connectivity index (χ3v) is 5.16. The Hall–Kier alpha value is -0.720. The van der Waals surface area contributed by atoms with Crippen molar-refractivity contribution in [3.63, 3.8) is 0 Å². The Labute approximate surface area is 123 Å². The highest BCUT2D eigenvalue weighted by atomic mass is 35.5. The smallest absolute Gasteiger partial charge is 0.210 e. The lowest BCUT2D eigenvalue weighted by Gasteiger charge is -2.19. The van der Waals surface area contributed by atoms with E-state index in [9.17, 15) is 17.2 Å². The quantitative estimate of drug-likeness (QED) is 0.782. The fourth-order valence-corrected chi connectivity index (χ4v) is 3.48. The lowest BCUT2D eigenvalue weighted by atomic mass is 9.99. The van der Waals surface area contributed by atoms with E-state index < -0.39 is 21.7 Å². The van der Waals surface area contributed by atoms with E-state index >= 15 is 0 Å². The van der Waals surface area contributed by atoms with E-state index in [-0.39, 0.29) is 22.7 Å². The van der Waals surface area contributed by atoms with Crippen LogP contribution in [0.2, 0.25) is 0 Å². The van der Waals surface area contributed by atoms with Crippen molar-refractivity contribution >= 4 is 21.6 Å². The van der Waals surface area contributed by atoms with Gasteiger partial charge in [0.2, 0.25) is 10.0 Å².